The zero-order chi connectivity index (χ0) is 18.2. The van der Waals surface area contributed by atoms with Crippen LogP contribution in [0.15, 0.2) is 11.3 Å². The molecule has 0 aromatic rings. The molecule has 8 heteroatoms. The number of rotatable bonds is 3. The highest BCUT2D eigenvalue weighted by Gasteiger charge is 2.44. The lowest BCUT2D eigenvalue weighted by atomic mass is 9.73. The van der Waals surface area contributed by atoms with Crippen LogP contribution in [0.25, 0.3) is 0 Å². The van der Waals surface area contributed by atoms with E-state index in [1.165, 1.54) is 6.92 Å². The van der Waals surface area contributed by atoms with Crippen LogP contribution < -0.4 is 5.32 Å². The number of aliphatic hydroxyl groups is 4. The van der Waals surface area contributed by atoms with E-state index in [-0.39, 0.29) is 35.7 Å². The van der Waals surface area contributed by atoms with Gasteiger partial charge in [0.25, 0.3) is 0 Å². The highest BCUT2D eigenvalue weighted by atomic mass is 16.6. The molecule has 8 nitrogen and oxygen atoms in total. The normalized spacial score (nSPS) is 36.6. The average Bonchev–Trinajstić information content (AvgIpc) is 2.45. The number of carbonyl (C=O) groups is 2. The van der Waals surface area contributed by atoms with Crippen molar-refractivity contribution in [3.05, 3.63) is 11.3 Å². The predicted octanol–water partition coefficient (Wildman–Crippen LogP) is -1.39. The Bertz CT molecular complexity index is 535. The van der Waals surface area contributed by atoms with E-state index in [2.05, 4.69) is 5.32 Å². The van der Waals surface area contributed by atoms with Gasteiger partial charge in [0.05, 0.1) is 12.2 Å². The second-order valence-electron chi connectivity index (χ2n) is 7.26. The van der Waals surface area contributed by atoms with Gasteiger partial charge in [0.1, 0.15) is 24.4 Å². The van der Waals surface area contributed by atoms with E-state index in [0.717, 1.165) is 0 Å². The monoisotopic (exact) mass is 343 g/mol. The predicted molar refractivity (Wildman–Crippen MR) is 82.6 cm³/mol. The fourth-order valence-electron chi connectivity index (χ4n) is 3.26. The Balaban J connectivity index is 2.20. The molecule has 0 radical (unpaired) electrons. The Morgan fingerprint density at radius 1 is 1.17 bits per heavy atom. The van der Waals surface area contributed by atoms with Gasteiger partial charge in [-0.1, -0.05) is 13.8 Å². The van der Waals surface area contributed by atoms with Crippen molar-refractivity contribution in [3.63, 3.8) is 0 Å². The molecule has 136 valence electrons. The molecule has 0 aromatic heterocycles. The molecule has 1 saturated carbocycles. The summed E-state index contributed by atoms with van der Waals surface area (Å²) in [7, 11) is 0. The molecule has 1 aliphatic heterocycles. The van der Waals surface area contributed by atoms with Crippen molar-refractivity contribution in [2.45, 2.75) is 64.3 Å². The molecular weight excluding hydrogens is 318 g/mol. The third-order valence-electron chi connectivity index (χ3n) is 4.49. The lowest BCUT2D eigenvalue weighted by Gasteiger charge is -2.41. The summed E-state index contributed by atoms with van der Waals surface area (Å²) in [5.74, 6) is -0.591. The molecule has 5 N–H and O–H groups in total. The number of ketones is 2. The van der Waals surface area contributed by atoms with Crippen LogP contribution in [0.5, 0.6) is 0 Å². The quantitative estimate of drug-likeness (QED) is 0.312. The van der Waals surface area contributed by atoms with Crippen molar-refractivity contribution in [2.75, 3.05) is 6.61 Å². The van der Waals surface area contributed by atoms with Crippen LogP contribution in [0.1, 0.15) is 33.6 Å². The van der Waals surface area contributed by atoms with Crippen LogP contribution in [-0.4, -0.2) is 69.2 Å². The molecule has 0 spiro atoms. The zero-order valence-electron chi connectivity index (χ0n) is 14.0. The smallest absolute Gasteiger partial charge is 0.178 e. The average molecular weight is 343 g/mol. The Morgan fingerprint density at radius 3 is 2.21 bits per heavy atom. The van der Waals surface area contributed by atoms with Crippen molar-refractivity contribution in [1.82, 2.24) is 5.32 Å². The summed E-state index contributed by atoms with van der Waals surface area (Å²) in [6.07, 6.45) is -5.01. The van der Waals surface area contributed by atoms with Crippen LogP contribution in [0.4, 0.5) is 0 Å². The van der Waals surface area contributed by atoms with E-state index in [0.29, 0.717) is 0 Å². The fourth-order valence-corrected chi connectivity index (χ4v) is 3.26. The molecule has 0 amide bonds. The summed E-state index contributed by atoms with van der Waals surface area (Å²) < 4.78 is 5.05. The zero-order valence-corrected chi connectivity index (χ0v) is 14.0. The first-order valence-corrected chi connectivity index (χ1v) is 7.91. The van der Waals surface area contributed by atoms with Crippen molar-refractivity contribution >= 4 is 11.6 Å². The van der Waals surface area contributed by atoms with Gasteiger partial charge in [0.15, 0.2) is 17.9 Å². The third kappa shape index (κ3) is 3.68. The topological polar surface area (TPSA) is 136 Å². The molecule has 0 bridgehead atoms. The highest BCUT2D eigenvalue weighted by Crippen LogP contribution is 2.34. The van der Waals surface area contributed by atoms with Gasteiger partial charge in [-0.25, -0.2) is 0 Å². The first-order valence-electron chi connectivity index (χ1n) is 7.91. The maximum atomic E-state index is 12.3. The van der Waals surface area contributed by atoms with E-state index >= 15 is 0 Å². The van der Waals surface area contributed by atoms with Gasteiger partial charge < -0.3 is 30.5 Å². The minimum atomic E-state index is -1.51. The largest absolute Gasteiger partial charge is 0.394 e. The number of hydrogen-bond acceptors (Lipinski definition) is 8. The Hall–Kier alpha value is -1.32. The molecule has 1 aliphatic carbocycles. The molecule has 2 fully saturated rings. The number of nitrogens with one attached hydrogen (secondary N) is 1. The van der Waals surface area contributed by atoms with Crippen LogP contribution in [-0.2, 0) is 14.3 Å². The summed E-state index contributed by atoms with van der Waals surface area (Å²) in [4.78, 5) is 24.5. The summed E-state index contributed by atoms with van der Waals surface area (Å²) in [6.45, 7) is 4.63. The second-order valence-corrected chi connectivity index (χ2v) is 7.26. The number of hydrogen-bond donors (Lipinski definition) is 5. The second kappa shape index (κ2) is 6.89. The molecular formula is C16H25NO7. The molecule has 1 saturated heterocycles. The van der Waals surface area contributed by atoms with Crippen molar-refractivity contribution in [1.29, 1.82) is 0 Å². The minimum absolute atomic E-state index is 0.0208. The van der Waals surface area contributed by atoms with Crippen molar-refractivity contribution in [2.24, 2.45) is 5.41 Å². The number of aliphatic hydroxyl groups excluding tert-OH is 4. The summed E-state index contributed by atoms with van der Waals surface area (Å²) >= 11 is 0. The SMILES string of the molecule is CC(N[C@H]1[C@@H](O)[C@@H](O)[C@@H](CO)O[C@@H]1O)=C1C(=O)CC(C)(C)CC1=O. The summed E-state index contributed by atoms with van der Waals surface area (Å²) in [6, 6.07) is -1.13. The maximum absolute atomic E-state index is 12.3. The van der Waals surface area contributed by atoms with E-state index in [4.69, 9.17) is 9.84 Å². The number of carbonyl (C=O) groups excluding carboxylic acids is 2. The Labute approximate surface area is 140 Å². The van der Waals surface area contributed by atoms with Crippen LogP contribution in [0.2, 0.25) is 0 Å². The molecule has 0 aromatic carbocycles. The van der Waals surface area contributed by atoms with E-state index in [1.807, 2.05) is 13.8 Å². The van der Waals surface area contributed by atoms with Gasteiger partial charge in [-0.15, -0.1) is 0 Å². The number of Topliss-reactive ketones (excluding diaryl/α,β-unsaturated/α-hetero) is 2. The van der Waals surface area contributed by atoms with Crippen molar-refractivity contribution < 1.29 is 34.8 Å². The molecule has 2 rings (SSSR count). The van der Waals surface area contributed by atoms with Crippen molar-refractivity contribution in [3.8, 4) is 0 Å². The van der Waals surface area contributed by atoms with Crippen LogP contribution in [0, 0.1) is 5.41 Å². The van der Waals surface area contributed by atoms with E-state index < -0.39 is 42.7 Å². The van der Waals surface area contributed by atoms with Crippen LogP contribution >= 0.6 is 0 Å². The van der Waals surface area contributed by atoms with Gasteiger partial charge in [-0.2, -0.15) is 0 Å². The van der Waals surface area contributed by atoms with Crippen LogP contribution in [0.3, 0.4) is 0 Å². The molecule has 1 heterocycles. The fraction of sp³-hybridized carbons (Fsp3) is 0.750. The number of ether oxygens (including phenoxy) is 1. The summed E-state index contributed by atoms with van der Waals surface area (Å²) in [5.41, 5.74) is -0.149. The molecule has 5 atom stereocenters. The van der Waals surface area contributed by atoms with E-state index in [9.17, 15) is 24.9 Å². The number of allylic oxidation sites excluding steroid dienone is 2. The van der Waals surface area contributed by atoms with Gasteiger partial charge >= 0.3 is 0 Å². The van der Waals surface area contributed by atoms with Gasteiger partial charge in [-0.3, -0.25) is 9.59 Å². The maximum Gasteiger partial charge on any atom is 0.178 e. The minimum Gasteiger partial charge on any atom is -0.394 e. The molecule has 24 heavy (non-hydrogen) atoms. The Morgan fingerprint density at radius 2 is 1.71 bits per heavy atom. The highest BCUT2D eigenvalue weighted by molar-refractivity contribution is 6.22. The summed E-state index contributed by atoms with van der Waals surface area (Å²) in [5, 5.41) is 41.7. The Kier molecular flexibility index (Phi) is 5.46. The third-order valence-corrected chi connectivity index (χ3v) is 4.49. The van der Waals surface area contributed by atoms with Gasteiger partial charge in [-0.05, 0) is 12.3 Å². The first-order chi connectivity index (χ1) is 11.1. The van der Waals surface area contributed by atoms with E-state index in [1.54, 1.807) is 0 Å². The lowest BCUT2D eigenvalue weighted by Crippen LogP contribution is -2.63. The molecule has 0 unspecified atom stereocenters. The van der Waals surface area contributed by atoms with Gasteiger partial charge in [0.2, 0.25) is 0 Å². The first kappa shape index (κ1) is 19.0. The lowest BCUT2D eigenvalue weighted by molar-refractivity contribution is -0.253. The van der Waals surface area contributed by atoms with Gasteiger partial charge in [0, 0.05) is 18.5 Å². The molecule has 2 aliphatic rings. The standard InChI is InChI=1S/C16H25NO7/c1-7(11-8(19)4-16(2,3)5-9(11)20)17-12-14(22)13(21)10(6-18)24-15(12)23/h10,12-15,17-18,21-23H,4-6H2,1-3H3/t10-,12+,13+,14-,15+/m1/s1.